The van der Waals surface area contributed by atoms with Crippen LogP contribution in [-0.2, 0) is 4.79 Å². The Hall–Kier alpha value is -1.38. The highest BCUT2D eigenvalue weighted by Gasteiger charge is 2.34. The summed E-state index contributed by atoms with van der Waals surface area (Å²) in [6.45, 7) is 4.70. The smallest absolute Gasteiger partial charge is 0.245 e. The van der Waals surface area contributed by atoms with Crippen LogP contribution in [0, 0.1) is 18.3 Å². The van der Waals surface area contributed by atoms with E-state index in [9.17, 15) is 4.79 Å². The number of carbonyl (C=O) groups is 1. The molecule has 0 aliphatic carbocycles. The second-order valence-electron chi connectivity index (χ2n) is 4.81. The van der Waals surface area contributed by atoms with Gasteiger partial charge in [0.1, 0.15) is 6.04 Å². The monoisotopic (exact) mass is 321 g/mol. The van der Waals surface area contributed by atoms with Crippen molar-refractivity contribution in [3.63, 3.8) is 0 Å². The highest BCUT2D eigenvalue weighted by atomic mass is 79.9. The molecule has 0 spiro atoms. The lowest BCUT2D eigenvalue weighted by Crippen LogP contribution is -2.59. The van der Waals surface area contributed by atoms with Crippen LogP contribution in [0.1, 0.15) is 18.9 Å². The summed E-state index contributed by atoms with van der Waals surface area (Å²) in [5.74, 6) is -0.0225. The first-order valence-electron chi connectivity index (χ1n) is 6.24. The van der Waals surface area contributed by atoms with Crippen molar-refractivity contribution in [1.82, 2.24) is 5.32 Å². The summed E-state index contributed by atoms with van der Waals surface area (Å²) in [6, 6.07) is 7.63. The lowest BCUT2D eigenvalue weighted by molar-refractivity contribution is -0.122. The molecule has 0 bridgehead atoms. The van der Waals surface area contributed by atoms with E-state index in [1.54, 1.807) is 4.90 Å². The molecule has 1 aliphatic heterocycles. The van der Waals surface area contributed by atoms with E-state index in [-0.39, 0.29) is 18.4 Å². The molecule has 100 valence electrons. The Balaban J connectivity index is 2.35. The first kappa shape index (κ1) is 14.0. The fraction of sp³-hybridized carbons (Fsp3) is 0.429. The minimum Gasteiger partial charge on any atom is -0.307 e. The molecule has 1 aliphatic rings. The Morgan fingerprint density at radius 2 is 2.32 bits per heavy atom. The number of carbonyl (C=O) groups excluding carboxylic acids is 1. The van der Waals surface area contributed by atoms with Gasteiger partial charge in [-0.15, -0.1) is 0 Å². The van der Waals surface area contributed by atoms with Crippen LogP contribution < -0.4 is 10.2 Å². The molecule has 5 heteroatoms. The molecule has 2 unspecified atom stereocenters. The van der Waals surface area contributed by atoms with E-state index >= 15 is 0 Å². The molecule has 1 heterocycles. The maximum absolute atomic E-state index is 12.5. The maximum Gasteiger partial charge on any atom is 0.245 e. The van der Waals surface area contributed by atoms with Gasteiger partial charge in [0.05, 0.1) is 12.5 Å². The molecule has 1 fully saturated rings. The van der Waals surface area contributed by atoms with E-state index in [4.69, 9.17) is 5.26 Å². The van der Waals surface area contributed by atoms with Crippen molar-refractivity contribution in [1.29, 1.82) is 5.26 Å². The zero-order valence-corrected chi connectivity index (χ0v) is 12.6. The van der Waals surface area contributed by atoms with Gasteiger partial charge in [0.2, 0.25) is 5.91 Å². The van der Waals surface area contributed by atoms with Crippen LogP contribution in [0.5, 0.6) is 0 Å². The van der Waals surface area contributed by atoms with Crippen LogP contribution in [0.15, 0.2) is 22.7 Å². The molecule has 2 atom stereocenters. The lowest BCUT2D eigenvalue weighted by Gasteiger charge is -2.38. The van der Waals surface area contributed by atoms with Crippen LogP contribution in [0.3, 0.4) is 0 Å². The highest BCUT2D eigenvalue weighted by Crippen LogP contribution is 2.27. The van der Waals surface area contributed by atoms with Crippen molar-refractivity contribution >= 4 is 27.5 Å². The number of aryl methyl sites for hydroxylation is 1. The van der Waals surface area contributed by atoms with Gasteiger partial charge in [0.15, 0.2) is 0 Å². The normalized spacial score (nSPS) is 23.3. The van der Waals surface area contributed by atoms with Gasteiger partial charge in [-0.1, -0.05) is 15.9 Å². The van der Waals surface area contributed by atoms with Crippen molar-refractivity contribution in [3.05, 3.63) is 28.2 Å². The highest BCUT2D eigenvalue weighted by molar-refractivity contribution is 9.10. The summed E-state index contributed by atoms with van der Waals surface area (Å²) >= 11 is 3.43. The fourth-order valence-electron chi connectivity index (χ4n) is 2.37. The topological polar surface area (TPSA) is 56.1 Å². The summed E-state index contributed by atoms with van der Waals surface area (Å²) in [5.41, 5.74) is 1.97. The minimum absolute atomic E-state index is 0.0225. The van der Waals surface area contributed by atoms with E-state index < -0.39 is 6.04 Å². The van der Waals surface area contributed by atoms with Crippen molar-refractivity contribution in [3.8, 4) is 6.07 Å². The number of nitriles is 1. The second kappa shape index (κ2) is 5.72. The number of anilines is 1. The Morgan fingerprint density at radius 3 is 2.95 bits per heavy atom. The van der Waals surface area contributed by atoms with Gasteiger partial charge in [-0.2, -0.15) is 5.26 Å². The molecule has 1 amide bonds. The fourth-order valence-corrected chi connectivity index (χ4v) is 2.85. The van der Waals surface area contributed by atoms with E-state index in [0.717, 1.165) is 15.7 Å². The summed E-state index contributed by atoms with van der Waals surface area (Å²) in [5, 5.41) is 11.9. The Kier molecular flexibility index (Phi) is 4.23. The SMILES string of the molecule is Cc1cc(Br)ccc1N1C(=O)C(CC#N)NCC1C. The number of nitrogens with one attached hydrogen (secondary N) is 1. The average Bonchev–Trinajstić information content (AvgIpc) is 2.35. The molecule has 1 saturated heterocycles. The van der Waals surface area contributed by atoms with Gasteiger partial charge in [0.25, 0.3) is 0 Å². The quantitative estimate of drug-likeness (QED) is 0.909. The molecule has 4 nitrogen and oxygen atoms in total. The zero-order valence-electron chi connectivity index (χ0n) is 11.0. The molecule has 2 rings (SSSR count). The molecule has 0 aromatic heterocycles. The van der Waals surface area contributed by atoms with Crippen LogP contribution in [0.25, 0.3) is 0 Å². The summed E-state index contributed by atoms with van der Waals surface area (Å²) < 4.78 is 0.998. The molecule has 0 saturated carbocycles. The van der Waals surface area contributed by atoms with Crippen molar-refractivity contribution in [2.75, 3.05) is 11.4 Å². The lowest BCUT2D eigenvalue weighted by atomic mass is 10.0. The van der Waals surface area contributed by atoms with E-state index in [0.29, 0.717) is 6.54 Å². The number of halogens is 1. The van der Waals surface area contributed by atoms with Crippen molar-refractivity contribution in [2.45, 2.75) is 32.4 Å². The van der Waals surface area contributed by atoms with Crippen LogP contribution >= 0.6 is 15.9 Å². The van der Waals surface area contributed by atoms with E-state index in [1.165, 1.54) is 0 Å². The Morgan fingerprint density at radius 1 is 1.58 bits per heavy atom. The third-order valence-corrected chi connectivity index (χ3v) is 3.84. The Bertz CT molecular complexity index is 538. The summed E-state index contributed by atoms with van der Waals surface area (Å²) in [7, 11) is 0. The number of hydrogen-bond acceptors (Lipinski definition) is 3. The Labute approximate surface area is 121 Å². The van der Waals surface area contributed by atoms with E-state index in [1.807, 2.05) is 32.0 Å². The molecule has 0 radical (unpaired) electrons. The zero-order chi connectivity index (χ0) is 14.0. The van der Waals surface area contributed by atoms with Gasteiger partial charge >= 0.3 is 0 Å². The number of hydrogen-bond donors (Lipinski definition) is 1. The first-order chi connectivity index (χ1) is 9.04. The standard InChI is InChI=1S/C14H16BrN3O/c1-9-7-11(15)3-4-13(9)18-10(2)8-17-12(5-6-16)14(18)19/h3-4,7,10,12,17H,5,8H2,1-2H3. The maximum atomic E-state index is 12.5. The van der Waals surface area contributed by atoms with Gasteiger partial charge in [-0.3, -0.25) is 4.79 Å². The van der Waals surface area contributed by atoms with E-state index in [2.05, 4.69) is 27.3 Å². The predicted octanol–water partition coefficient (Wildman–Crippen LogP) is 2.36. The third kappa shape index (κ3) is 2.80. The van der Waals surface area contributed by atoms with Gasteiger partial charge in [-0.05, 0) is 37.6 Å². The number of rotatable bonds is 2. The van der Waals surface area contributed by atoms with Crippen LogP contribution in [-0.4, -0.2) is 24.5 Å². The van der Waals surface area contributed by atoms with Gasteiger partial charge < -0.3 is 10.2 Å². The van der Waals surface area contributed by atoms with Crippen molar-refractivity contribution < 1.29 is 4.79 Å². The molecule has 1 aromatic rings. The largest absolute Gasteiger partial charge is 0.307 e. The van der Waals surface area contributed by atoms with Crippen LogP contribution in [0.4, 0.5) is 5.69 Å². The van der Waals surface area contributed by atoms with Gasteiger partial charge in [0, 0.05) is 22.7 Å². The number of piperazine rings is 1. The third-order valence-electron chi connectivity index (χ3n) is 3.35. The van der Waals surface area contributed by atoms with Crippen LogP contribution in [0.2, 0.25) is 0 Å². The molecule has 1 aromatic carbocycles. The van der Waals surface area contributed by atoms with Crippen molar-refractivity contribution in [2.24, 2.45) is 0 Å². The molecule has 1 N–H and O–H groups in total. The van der Waals surface area contributed by atoms with Gasteiger partial charge in [-0.25, -0.2) is 0 Å². The first-order valence-corrected chi connectivity index (χ1v) is 7.03. The average molecular weight is 322 g/mol. The molecular weight excluding hydrogens is 306 g/mol. The number of amides is 1. The molecular formula is C14H16BrN3O. The summed E-state index contributed by atoms with van der Waals surface area (Å²) in [6.07, 6.45) is 0.206. The number of benzene rings is 1. The second-order valence-corrected chi connectivity index (χ2v) is 5.73. The molecule has 19 heavy (non-hydrogen) atoms. The minimum atomic E-state index is -0.399. The predicted molar refractivity (Wildman–Crippen MR) is 77.8 cm³/mol. The summed E-state index contributed by atoms with van der Waals surface area (Å²) in [4.78, 5) is 14.3. The number of nitrogens with zero attached hydrogens (tertiary/aromatic N) is 2.